The maximum atomic E-state index is 12.6. The van der Waals surface area contributed by atoms with E-state index in [2.05, 4.69) is 12.2 Å². The minimum atomic E-state index is -3.02. The maximum absolute atomic E-state index is 12.6. The van der Waals surface area contributed by atoms with Crippen molar-refractivity contribution in [3.05, 3.63) is 71.8 Å². The van der Waals surface area contributed by atoms with Crippen LogP contribution in [0.3, 0.4) is 0 Å². The predicted octanol–water partition coefficient (Wildman–Crippen LogP) is 6.30. The molecule has 0 radical (unpaired) electrons. The molecule has 21 heavy (non-hydrogen) atoms. The van der Waals surface area contributed by atoms with Gasteiger partial charge < -0.3 is 4.52 Å². The van der Waals surface area contributed by atoms with Gasteiger partial charge in [0.2, 0.25) is 0 Å². The van der Waals surface area contributed by atoms with Crippen LogP contribution < -0.4 is 0 Å². The molecule has 0 aliphatic rings. The van der Waals surface area contributed by atoms with E-state index in [9.17, 15) is 4.57 Å². The van der Waals surface area contributed by atoms with Crippen molar-refractivity contribution in [2.45, 2.75) is 25.2 Å². The molecule has 2 aromatic carbocycles. The Kier molecular flexibility index (Phi) is 6.00. The van der Waals surface area contributed by atoms with Gasteiger partial charge in [0.1, 0.15) is 0 Å². The first-order valence-corrected chi connectivity index (χ1v) is 11.0. The van der Waals surface area contributed by atoms with Gasteiger partial charge in [-0.25, -0.2) is 0 Å². The lowest BCUT2D eigenvalue weighted by atomic mass is 10.1. The summed E-state index contributed by atoms with van der Waals surface area (Å²) in [5.74, 6) is -3.02. The van der Waals surface area contributed by atoms with Crippen LogP contribution in [0.15, 0.2) is 60.7 Å². The Labute approximate surface area is 135 Å². The van der Waals surface area contributed by atoms with Gasteiger partial charge >= 0.3 is 5.77 Å². The molecule has 0 aromatic heterocycles. The Morgan fingerprint density at radius 2 is 1.43 bits per heavy atom. The summed E-state index contributed by atoms with van der Waals surface area (Å²) in [5, 5.41) is 0.0671. The first kappa shape index (κ1) is 16.7. The summed E-state index contributed by atoms with van der Waals surface area (Å²) in [5.41, 5.74) is 2.12. The van der Waals surface area contributed by atoms with E-state index in [1.165, 1.54) is 11.4 Å². The molecule has 0 aliphatic heterocycles. The molecule has 0 N–H and O–H groups in total. The SMILES string of the molecule is CC(OP(=O)(S)SC(C)c1ccccc1)c1ccccc1. The molecule has 112 valence electrons. The third kappa shape index (κ3) is 5.23. The van der Waals surface area contributed by atoms with Gasteiger partial charge in [0.15, 0.2) is 0 Å². The normalized spacial score (nSPS) is 16.9. The average molecular weight is 338 g/mol. The fraction of sp³-hybridized carbons (Fsp3) is 0.250. The van der Waals surface area contributed by atoms with E-state index in [-0.39, 0.29) is 11.4 Å². The average Bonchev–Trinajstić information content (AvgIpc) is 2.48. The van der Waals surface area contributed by atoms with Gasteiger partial charge in [-0.3, -0.25) is 4.57 Å². The Morgan fingerprint density at radius 3 is 1.95 bits per heavy atom. The first-order chi connectivity index (χ1) is 9.98. The standard InChI is InChI=1S/C16H19O2PS2/c1-13(15-9-5-3-6-10-15)18-19(17,20)21-14(2)16-11-7-4-8-12-16/h3-14H,1-2H3,(H,17,20). The van der Waals surface area contributed by atoms with Crippen LogP contribution in [-0.2, 0) is 9.09 Å². The zero-order chi connectivity index (χ0) is 15.3. The number of rotatable bonds is 6. The highest BCUT2D eigenvalue weighted by Gasteiger charge is 2.26. The van der Waals surface area contributed by atoms with E-state index in [0.29, 0.717) is 0 Å². The van der Waals surface area contributed by atoms with Crippen LogP contribution in [0.4, 0.5) is 0 Å². The van der Waals surface area contributed by atoms with Crippen LogP contribution in [0, 0.1) is 0 Å². The summed E-state index contributed by atoms with van der Waals surface area (Å²) in [6.45, 7) is 3.91. The van der Waals surface area contributed by atoms with E-state index >= 15 is 0 Å². The third-order valence-corrected chi connectivity index (χ3v) is 7.70. The van der Waals surface area contributed by atoms with Crippen molar-refractivity contribution >= 4 is 29.4 Å². The maximum Gasteiger partial charge on any atom is 0.311 e. The highest BCUT2D eigenvalue weighted by atomic mass is 33.1. The Balaban J connectivity index is 2.00. The molecule has 2 nitrogen and oxygen atoms in total. The van der Waals surface area contributed by atoms with Crippen LogP contribution in [-0.4, -0.2) is 0 Å². The van der Waals surface area contributed by atoms with Gasteiger partial charge in [-0.05, 0) is 25.0 Å². The summed E-state index contributed by atoms with van der Waals surface area (Å²) < 4.78 is 18.3. The Bertz CT molecular complexity index is 553. The van der Waals surface area contributed by atoms with Crippen molar-refractivity contribution in [1.29, 1.82) is 0 Å². The minimum Gasteiger partial charge on any atom is -0.306 e. The second kappa shape index (κ2) is 7.55. The molecule has 0 saturated heterocycles. The van der Waals surface area contributed by atoms with Crippen LogP contribution in [0.1, 0.15) is 36.3 Å². The van der Waals surface area contributed by atoms with Gasteiger partial charge in [-0.15, -0.1) is 0 Å². The van der Waals surface area contributed by atoms with E-state index in [1.54, 1.807) is 0 Å². The topological polar surface area (TPSA) is 26.3 Å². The van der Waals surface area contributed by atoms with Crippen molar-refractivity contribution in [2.75, 3.05) is 0 Å². The number of thiol groups is 1. The van der Waals surface area contributed by atoms with Crippen molar-refractivity contribution in [1.82, 2.24) is 0 Å². The second-order valence-electron chi connectivity index (χ2n) is 4.79. The fourth-order valence-corrected chi connectivity index (χ4v) is 7.04. The second-order valence-corrected chi connectivity index (χ2v) is 11.3. The molecule has 0 spiro atoms. The monoisotopic (exact) mass is 338 g/mol. The lowest BCUT2D eigenvalue weighted by molar-refractivity contribution is 0.245. The molecule has 0 heterocycles. The van der Waals surface area contributed by atoms with Gasteiger partial charge in [-0.2, -0.15) is 0 Å². The molecule has 0 amide bonds. The molecular formula is C16H19O2PS2. The van der Waals surface area contributed by atoms with Gasteiger partial charge in [0, 0.05) is 5.25 Å². The van der Waals surface area contributed by atoms with Crippen LogP contribution in [0.5, 0.6) is 0 Å². The minimum absolute atomic E-state index is 0.0671. The first-order valence-electron chi connectivity index (χ1n) is 6.77. The van der Waals surface area contributed by atoms with Crippen LogP contribution in [0.25, 0.3) is 0 Å². The molecule has 0 fully saturated rings. The zero-order valence-corrected chi connectivity index (χ0v) is 14.7. The molecule has 2 aromatic rings. The van der Waals surface area contributed by atoms with Gasteiger partial charge in [-0.1, -0.05) is 84.3 Å². The number of hydrogen-bond donors (Lipinski definition) is 1. The summed E-state index contributed by atoms with van der Waals surface area (Å²) in [6, 6.07) is 19.7. The summed E-state index contributed by atoms with van der Waals surface area (Å²) in [6.07, 6.45) is -0.245. The molecule has 3 atom stereocenters. The summed E-state index contributed by atoms with van der Waals surface area (Å²) in [4.78, 5) is 0. The van der Waals surface area contributed by atoms with Crippen molar-refractivity contribution in [2.24, 2.45) is 0 Å². The highest BCUT2D eigenvalue weighted by Crippen LogP contribution is 2.69. The lowest BCUT2D eigenvalue weighted by Crippen LogP contribution is -1.96. The zero-order valence-electron chi connectivity index (χ0n) is 12.0. The van der Waals surface area contributed by atoms with E-state index in [0.717, 1.165) is 11.1 Å². The largest absolute Gasteiger partial charge is 0.311 e. The van der Waals surface area contributed by atoms with Crippen LogP contribution in [0.2, 0.25) is 0 Å². The summed E-state index contributed by atoms with van der Waals surface area (Å²) >= 11 is 5.54. The van der Waals surface area contributed by atoms with Crippen LogP contribution >= 0.6 is 29.4 Å². The molecule has 5 heteroatoms. The molecule has 0 bridgehead atoms. The van der Waals surface area contributed by atoms with Gasteiger partial charge in [0.25, 0.3) is 0 Å². The van der Waals surface area contributed by atoms with E-state index < -0.39 is 5.77 Å². The molecule has 0 aliphatic carbocycles. The third-order valence-electron chi connectivity index (χ3n) is 3.12. The fourth-order valence-electron chi connectivity index (χ4n) is 1.99. The van der Waals surface area contributed by atoms with E-state index in [4.69, 9.17) is 4.52 Å². The van der Waals surface area contributed by atoms with Crippen molar-refractivity contribution in [3.8, 4) is 0 Å². The predicted molar refractivity (Wildman–Crippen MR) is 95.0 cm³/mol. The molecule has 2 rings (SSSR count). The lowest BCUT2D eigenvalue weighted by Gasteiger charge is -2.21. The quantitative estimate of drug-likeness (QED) is 0.495. The van der Waals surface area contributed by atoms with E-state index in [1.807, 2.05) is 74.5 Å². The summed E-state index contributed by atoms with van der Waals surface area (Å²) in [7, 11) is 0. The van der Waals surface area contributed by atoms with Crippen molar-refractivity contribution in [3.63, 3.8) is 0 Å². The highest BCUT2D eigenvalue weighted by molar-refractivity contribution is 8.84. The smallest absolute Gasteiger partial charge is 0.306 e. The van der Waals surface area contributed by atoms with Crippen molar-refractivity contribution < 1.29 is 9.09 Å². The van der Waals surface area contributed by atoms with Gasteiger partial charge in [0.05, 0.1) is 6.10 Å². The molecule has 0 saturated carbocycles. The number of benzene rings is 2. The Hall–Kier alpha value is -0.670. The molecular weight excluding hydrogens is 319 g/mol. The Morgan fingerprint density at radius 1 is 0.952 bits per heavy atom. The number of hydrogen-bond acceptors (Lipinski definition) is 3. The molecule has 3 unspecified atom stereocenters.